The van der Waals surface area contributed by atoms with E-state index in [1.54, 1.807) is 15.9 Å². The number of quaternary nitrogens is 1. The second-order valence-electron chi connectivity index (χ2n) is 7.69. The summed E-state index contributed by atoms with van der Waals surface area (Å²) >= 11 is 1.56. The minimum Gasteiger partial charge on any atom is -0.492 e. The van der Waals surface area contributed by atoms with Crippen molar-refractivity contribution < 1.29 is 10.0 Å². The molecule has 30 heavy (non-hydrogen) atoms. The van der Waals surface area contributed by atoms with Gasteiger partial charge in [-0.2, -0.15) is 4.52 Å². The highest BCUT2D eigenvalue weighted by molar-refractivity contribution is 7.17. The smallest absolute Gasteiger partial charge is 0.235 e. The number of para-hydroxylation sites is 1. The van der Waals surface area contributed by atoms with Gasteiger partial charge in [0.15, 0.2) is 11.9 Å². The van der Waals surface area contributed by atoms with Gasteiger partial charge in [-0.15, -0.1) is 5.10 Å². The monoisotopic (exact) mass is 420 g/mol. The first kappa shape index (κ1) is 19.1. The molecule has 154 valence electrons. The van der Waals surface area contributed by atoms with Crippen LogP contribution in [0, 0.1) is 0 Å². The fraction of sp³-hybridized carbons (Fsp3) is 0.304. The first-order valence-corrected chi connectivity index (χ1v) is 11.3. The Labute approximate surface area is 180 Å². The first-order chi connectivity index (χ1) is 14.7. The Balaban J connectivity index is 1.47. The second-order valence-corrected chi connectivity index (χ2v) is 8.70. The zero-order valence-electron chi connectivity index (χ0n) is 17.0. The molecule has 1 fully saturated rings. The van der Waals surface area contributed by atoms with E-state index in [2.05, 4.69) is 69.6 Å². The molecule has 1 saturated heterocycles. The largest absolute Gasteiger partial charge is 0.492 e. The number of hydrogen-bond acceptors (Lipinski definition) is 5. The van der Waals surface area contributed by atoms with E-state index in [0.29, 0.717) is 0 Å². The van der Waals surface area contributed by atoms with Gasteiger partial charge in [0.05, 0.1) is 26.2 Å². The molecule has 3 heterocycles. The molecule has 0 bridgehead atoms. The Hall–Kier alpha value is -2.90. The number of fused-ring (bicyclic) bond motifs is 1. The fourth-order valence-corrected chi connectivity index (χ4v) is 5.49. The van der Waals surface area contributed by atoms with Gasteiger partial charge in [0.1, 0.15) is 4.88 Å². The van der Waals surface area contributed by atoms with Crippen LogP contribution in [-0.4, -0.2) is 45.9 Å². The third-order valence-corrected chi connectivity index (χ3v) is 6.98. The van der Waals surface area contributed by atoms with Gasteiger partial charge in [-0.05, 0) is 12.1 Å². The number of benzene rings is 2. The number of thiazole rings is 1. The lowest BCUT2D eigenvalue weighted by Crippen LogP contribution is -3.15. The Morgan fingerprint density at radius 3 is 2.33 bits per heavy atom. The van der Waals surface area contributed by atoms with E-state index in [0.717, 1.165) is 48.3 Å². The number of aryl methyl sites for hydroxylation is 1. The van der Waals surface area contributed by atoms with E-state index in [4.69, 9.17) is 0 Å². The summed E-state index contributed by atoms with van der Waals surface area (Å²) in [4.78, 5) is 10.2. The van der Waals surface area contributed by atoms with Gasteiger partial charge in [0.25, 0.3) is 0 Å². The third-order valence-electron chi connectivity index (χ3n) is 5.89. The molecular weight excluding hydrogens is 394 g/mol. The maximum absolute atomic E-state index is 11.0. The Morgan fingerprint density at radius 2 is 1.70 bits per heavy atom. The minimum atomic E-state index is 0.0719. The normalized spacial score (nSPS) is 16.2. The third kappa shape index (κ3) is 3.44. The quantitative estimate of drug-likeness (QED) is 0.521. The van der Waals surface area contributed by atoms with E-state index in [1.807, 2.05) is 13.0 Å². The lowest BCUT2D eigenvalue weighted by molar-refractivity contribution is -0.925. The highest BCUT2D eigenvalue weighted by atomic mass is 32.1. The van der Waals surface area contributed by atoms with Crippen LogP contribution in [-0.2, 0) is 6.42 Å². The van der Waals surface area contributed by atoms with Crippen molar-refractivity contribution in [1.82, 2.24) is 14.6 Å². The summed E-state index contributed by atoms with van der Waals surface area (Å²) in [5.41, 5.74) is 2.50. The zero-order chi connectivity index (χ0) is 20.5. The summed E-state index contributed by atoms with van der Waals surface area (Å²) in [6.45, 7) is 6.01. The molecule has 0 saturated carbocycles. The van der Waals surface area contributed by atoms with E-state index in [-0.39, 0.29) is 11.9 Å². The molecule has 0 aliphatic carbocycles. The molecule has 0 unspecified atom stereocenters. The maximum Gasteiger partial charge on any atom is 0.235 e. The summed E-state index contributed by atoms with van der Waals surface area (Å²) in [5, 5.41) is 15.5. The van der Waals surface area contributed by atoms with Crippen molar-refractivity contribution in [2.24, 2.45) is 0 Å². The predicted octanol–water partition coefficient (Wildman–Crippen LogP) is 2.55. The van der Waals surface area contributed by atoms with Gasteiger partial charge < -0.3 is 14.9 Å². The Morgan fingerprint density at radius 1 is 1.03 bits per heavy atom. The molecule has 1 aliphatic heterocycles. The molecule has 4 aromatic rings. The first-order valence-electron chi connectivity index (χ1n) is 10.5. The van der Waals surface area contributed by atoms with Crippen molar-refractivity contribution in [3.05, 3.63) is 76.9 Å². The summed E-state index contributed by atoms with van der Waals surface area (Å²) in [6, 6.07) is 21.2. The SMILES string of the molecule is CCc1nc2sc([C@H](c3ccccc3)[NH+]3CCN(c4ccccc4)CC3)c(O)n2n1. The van der Waals surface area contributed by atoms with E-state index < -0.39 is 0 Å². The van der Waals surface area contributed by atoms with Crippen LogP contribution in [0.1, 0.15) is 29.2 Å². The molecule has 6 nitrogen and oxygen atoms in total. The molecule has 2 aromatic carbocycles. The summed E-state index contributed by atoms with van der Waals surface area (Å²) < 4.78 is 1.61. The number of aromatic nitrogens is 3. The number of nitrogens with zero attached hydrogens (tertiary/aromatic N) is 4. The zero-order valence-corrected chi connectivity index (χ0v) is 17.8. The fourth-order valence-electron chi connectivity index (χ4n) is 4.33. The molecule has 0 radical (unpaired) electrons. The highest BCUT2D eigenvalue weighted by Gasteiger charge is 2.35. The standard InChI is InChI=1S/C23H25N5OS/c1-2-19-24-23-28(25-19)22(29)21(30-23)20(17-9-5-3-6-10-17)27-15-13-26(14-16-27)18-11-7-4-8-12-18/h3-12,20,29H,2,13-16H2,1H3/p+1/t20-/m0/s1. The van der Waals surface area contributed by atoms with Crippen LogP contribution in [0.2, 0.25) is 0 Å². The Bertz CT molecular complexity index is 1120. The number of hydrogen-bond donors (Lipinski definition) is 2. The number of nitrogens with one attached hydrogen (secondary N) is 1. The van der Waals surface area contributed by atoms with Crippen molar-refractivity contribution in [2.45, 2.75) is 19.4 Å². The number of aromatic hydroxyl groups is 1. The van der Waals surface area contributed by atoms with E-state index >= 15 is 0 Å². The highest BCUT2D eigenvalue weighted by Crippen LogP contribution is 2.35. The average molecular weight is 421 g/mol. The number of piperazine rings is 1. The molecule has 7 heteroatoms. The van der Waals surface area contributed by atoms with Crippen LogP contribution in [0.15, 0.2) is 60.7 Å². The predicted molar refractivity (Wildman–Crippen MR) is 120 cm³/mol. The molecule has 1 aliphatic rings. The topological polar surface area (TPSA) is 58.1 Å². The molecule has 5 rings (SSSR count). The maximum atomic E-state index is 11.0. The van der Waals surface area contributed by atoms with Crippen molar-refractivity contribution in [2.75, 3.05) is 31.1 Å². The van der Waals surface area contributed by atoms with Crippen LogP contribution in [0.5, 0.6) is 5.88 Å². The van der Waals surface area contributed by atoms with Gasteiger partial charge in [0.2, 0.25) is 10.8 Å². The van der Waals surface area contributed by atoms with Crippen LogP contribution in [0.4, 0.5) is 5.69 Å². The van der Waals surface area contributed by atoms with Gasteiger partial charge in [-0.3, -0.25) is 0 Å². The van der Waals surface area contributed by atoms with E-state index in [1.165, 1.54) is 16.2 Å². The second kappa shape index (κ2) is 8.08. The van der Waals surface area contributed by atoms with Crippen LogP contribution >= 0.6 is 11.3 Å². The van der Waals surface area contributed by atoms with Crippen molar-refractivity contribution in [3.63, 3.8) is 0 Å². The molecule has 2 aromatic heterocycles. The van der Waals surface area contributed by atoms with Gasteiger partial charge in [-0.25, -0.2) is 4.98 Å². The van der Waals surface area contributed by atoms with Gasteiger partial charge >= 0.3 is 0 Å². The van der Waals surface area contributed by atoms with Crippen molar-refractivity contribution >= 4 is 22.0 Å². The number of anilines is 1. The summed E-state index contributed by atoms with van der Waals surface area (Å²) in [7, 11) is 0. The molecule has 2 N–H and O–H groups in total. The van der Waals surface area contributed by atoms with Crippen LogP contribution in [0.3, 0.4) is 0 Å². The van der Waals surface area contributed by atoms with Gasteiger partial charge in [-0.1, -0.05) is 66.8 Å². The van der Waals surface area contributed by atoms with Crippen molar-refractivity contribution in [3.8, 4) is 5.88 Å². The molecular formula is C23H26N5OS+. The Kier molecular flexibility index (Phi) is 5.14. The van der Waals surface area contributed by atoms with Gasteiger partial charge in [0, 0.05) is 17.7 Å². The summed E-state index contributed by atoms with van der Waals surface area (Å²) in [5.74, 6) is 0.997. The summed E-state index contributed by atoms with van der Waals surface area (Å²) in [6.07, 6.45) is 0.762. The minimum absolute atomic E-state index is 0.0719. The van der Waals surface area contributed by atoms with Crippen LogP contribution in [0.25, 0.3) is 4.96 Å². The number of rotatable bonds is 5. The molecule has 1 atom stereocenters. The lowest BCUT2D eigenvalue weighted by Gasteiger charge is -2.37. The van der Waals surface area contributed by atoms with Crippen LogP contribution < -0.4 is 9.80 Å². The lowest BCUT2D eigenvalue weighted by atomic mass is 10.0. The molecule has 0 spiro atoms. The average Bonchev–Trinajstić information content (AvgIpc) is 3.35. The molecule has 0 amide bonds. The van der Waals surface area contributed by atoms with E-state index in [9.17, 15) is 5.11 Å². The van der Waals surface area contributed by atoms with Crippen molar-refractivity contribution in [1.29, 1.82) is 0 Å².